The molecule has 0 aromatic heterocycles. The van der Waals surface area contributed by atoms with Gasteiger partial charge >= 0.3 is 0 Å². The van der Waals surface area contributed by atoms with Crippen LogP contribution in [-0.4, -0.2) is 41.7 Å². The van der Waals surface area contributed by atoms with Gasteiger partial charge in [-0.25, -0.2) is 0 Å². The van der Waals surface area contributed by atoms with Crippen LogP contribution in [0.25, 0.3) is 0 Å². The first-order chi connectivity index (χ1) is 9.45. The van der Waals surface area contributed by atoms with E-state index in [2.05, 4.69) is 26.1 Å². The van der Waals surface area contributed by atoms with Gasteiger partial charge in [-0.3, -0.25) is 9.69 Å². The zero-order valence-corrected chi connectivity index (χ0v) is 13.5. The van der Waals surface area contributed by atoms with Gasteiger partial charge in [-0.1, -0.05) is 13.0 Å². The average Bonchev–Trinajstić information content (AvgIpc) is 2.37. The normalized spacial score (nSPS) is 23.6. The summed E-state index contributed by atoms with van der Waals surface area (Å²) in [6.45, 7) is 5.94. The molecule has 110 valence electrons. The van der Waals surface area contributed by atoms with Crippen molar-refractivity contribution >= 4 is 27.5 Å². The van der Waals surface area contributed by atoms with Crippen LogP contribution in [0, 0.1) is 12.8 Å². The maximum Gasteiger partial charge on any atom is 0.238 e. The highest BCUT2D eigenvalue weighted by Gasteiger charge is 2.25. The summed E-state index contributed by atoms with van der Waals surface area (Å²) in [5, 5.41) is 12.6. The summed E-state index contributed by atoms with van der Waals surface area (Å²) < 4.78 is 0.897. The largest absolute Gasteiger partial charge is 0.393 e. The Hall–Kier alpha value is -0.910. The SMILES string of the molecule is Cc1ccc(NC(=O)CN2CCC(O)C(C)C2)c(Br)c1. The van der Waals surface area contributed by atoms with Crippen LogP contribution in [0.5, 0.6) is 0 Å². The van der Waals surface area contributed by atoms with E-state index in [1.165, 1.54) is 0 Å². The molecule has 1 heterocycles. The highest BCUT2D eigenvalue weighted by Crippen LogP contribution is 2.23. The number of halogens is 1. The first-order valence-electron chi connectivity index (χ1n) is 6.92. The second kappa shape index (κ2) is 6.70. The lowest BCUT2D eigenvalue weighted by molar-refractivity contribution is -0.118. The number of hydrogen-bond acceptors (Lipinski definition) is 3. The van der Waals surface area contributed by atoms with Crippen molar-refractivity contribution < 1.29 is 9.90 Å². The summed E-state index contributed by atoms with van der Waals surface area (Å²) in [6, 6.07) is 5.86. The van der Waals surface area contributed by atoms with Gasteiger partial charge in [-0.2, -0.15) is 0 Å². The maximum absolute atomic E-state index is 12.1. The molecular weight excluding hydrogens is 320 g/mol. The Balaban J connectivity index is 1.89. The lowest BCUT2D eigenvalue weighted by atomic mass is 9.97. The number of anilines is 1. The molecule has 1 saturated heterocycles. The Labute approximate surface area is 128 Å². The summed E-state index contributed by atoms with van der Waals surface area (Å²) >= 11 is 3.46. The van der Waals surface area contributed by atoms with Crippen LogP contribution in [0.15, 0.2) is 22.7 Å². The number of piperidine rings is 1. The first kappa shape index (κ1) is 15.5. The molecule has 1 aromatic carbocycles. The molecule has 0 aliphatic carbocycles. The fraction of sp³-hybridized carbons (Fsp3) is 0.533. The molecule has 1 fully saturated rings. The molecule has 2 unspecified atom stereocenters. The molecule has 0 bridgehead atoms. The highest BCUT2D eigenvalue weighted by molar-refractivity contribution is 9.10. The number of nitrogens with zero attached hydrogens (tertiary/aromatic N) is 1. The Morgan fingerprint density at radius 1 is 1.55 bits per heavy atom. The van der Waals surface area contributed by atoms with Crippen LogP contribution >= 0.6 is 15.9 Å². The van der Waals surface area contributed by atoms with Crippen LogP contribution in [0.4, 0.5) is 5.69 Å². The number of carbonyl (C=O) groups is 1. The van der Waals surface area contributed by atoms with E-state index in [9.17, 15) is 9.90 Å². The third-order valence-corrected chi connectivity index (χ3v) is 4.37. The summed E-state index contributed by atoms with van der Waals surface area (Å²) in [6.07, 6.45) is 0.503. The van der Waals surface area contributed by atoms with Crippen molar-refractivity contribution in [1.82, 2.24) is 4.90 Å². The van der Waals surface area contributed by atoms with E-state index in [1.54, 1.807) is 0 Å². The molecule has 2 N–H and O–H groups in total. The summed E-state index contributed by atoms with van der Waals surface area (Å²) in [5.41, 5.74) is 1.94. The topological polar surface area (TPSA) is 52.6 Å². The number of aliphatic hydroxyl groups excluding tert-OH is 1. The molecule has 1 aromatic rings. The van der Waals surface area contributed by atoms with E-state index in [0.717, 1.165) is 35.2 Å². The molecule has 2 rings (SSSR count). The molecule has 0 spiro atoms. The first-order valence-corrected chi connectivity index (χ1v) is 7.71. The van der Waals surface area contributed by atoms with Gasteiger partial charge in [0.2, 0.25) is 5.91 Å². The van der Waals surface area contributed by atoms with Crippen molar-refractivity contribution in [2.75, 3.05) is 25.0 Å². The standard InChI is InChI=1S/C15H21BrN2O2/c1-10-3-4-13(12(16)7-10)17-15(20)9-18-6-5-14(19)11(2)8-18/h3-4,7,11,14,19H,5-6,8-9H2,1-2H3,(H,17,20). The zero-order valence-electron chi connectivity index (χ0n) is 11.9. The van der Waals surface area contributed by atoms with Gasteiger partial charge < -0.3 is 10.4 Å². The Morgan fingerprint density at radius 3 is 2.95 bits per heavy atom. The predicted molar refractivity (Wildman–Crippen MR) is 83.7 cm³/mol. The van der Waals surface area contributed by atoms with Gasteiger partial charge in [0, 0.05) is 17.6 Å². The van der Waals surface area contributed by atoms with Crippen molar-refractivity contribution in [2.24, 2.45) is 5.92 Å². The van der Waals surface area contributed by atoms with E-state index in [0.29, 0.717) is 6.54 Å². The molecular formula is C15H21BrN2O2. The number of hydrogen-bond donors (Lipinski definition) is 2. The van der Waals surface area contributed by atoms with Gasteiger partial charge in [0.25, 0.3) is 0 Å². The van der Waals surface area contributed by atoms with Crippen molar-refractivity contribution in [3.8, 4) is 0 Å². The lowest BCUT2D eigenvalue weighted by Gasteiger charge is -2.33. The number of aliphatic hydroxyl groups is 1. The highest BCUT2D eigenvalue weighted by atomic mass is 79.9. The number of aryl methyl sites for hydroxylation is 1. The van der Waals surface area contributed by atoms with Gasteiger partial charge in [0.05, 0.1) is 18.3 Å². The van der Waals surface area contributed by atoms with Crippen LogP contribution in [-0.2, 0) is 4.79 Å². The van der Waals surface area contributed by atoms with Crippen LogP contribution in [0.1, 0.15) is 18.9 Å². The van der Waals surface area contributed by atoms with E-state index < -0.39 is 0 Å². The maximum atomic E-state index is 12.1. The minimum atomic E-state index is -0.236. The number of rotatable bonds is 3. The van der Waals surface area contributed by atoms with Gasteiger partial charge in [-0.05, 0) is 52.9 Å². The monoisotopic (exact) mass is 340 g/mol. The molecule has 0 saturated carbocycles. The average molecular weight is 341 g/mol. The van der Waals surface area contributed by atoms with Crippen LogP contribution < -0.4 is 5.32 Å². The third-order valence-electron chi connectivity index (χ3n) is 3.71. The van der Waals surface area contributed by atoms with Gasteiger partial charge in [0.15, 0.2) is 0 Å². The Morgan fingerprint density at radius 2 is 2.30 bits per heavy atom. The lowest BCUT2D eigenvalue weighted by Crippen LogP contribution is -2.45. The second-order valence-corrected chi connectivity index (χ2v) is 6.45. The molecule has 1 amide bonds. The summed E-state index contributed by atoms with van der Waals surface area (Å²) in [4.78, 5) is 14.2. The molecule has 5 heteroatoms. The fourth-order valence-corrected chi connectivity index (χ4v) is 3.07. The smallest absolute Gasteiger partial charge is 0.238 e. The third kappa shape index (κ3) is 4.04. The molecule has 4 nitrogen and oxygen atoms in total. The van der Waals surface area contributed by atoms with Crippen molar-refractivity contribution in [3.05, 3.63) is 28.2 Å². The minimum Gasteiger partial charge on any atom is -0.393 e. The summed E-state index contributed by atoms with van der Waals surface area (Å²) in [7, 11) is 0. The number of likely N-dealkylation sites (tertiary alicyclic amines) is 1. The molecule has 20 heavy (non-hydrogen) atoms. The van der Waals surface area contributed by atoms with Crippen molar-refractivity contribution in [2.45, 2.75) is 26.4 Å². The van der Waals surface area contributed by atoms with Crippen molar-refractivity contribution in [3.63, 3.8) is 0 Å². The Bertz CT molecular complexity index is 493. The molecule has 1 aliphatic heterocycles. The van der Waals surface area contributed by atoms with E-state index in [1.807, 2.05) is 32.0 Å². The van der Waals surface area contributed by atoms with Gasteiger partial charge in [0.1, 0.15) is 0 Å². The van der Waals surface area contributed by atoms with Crippen LogP contribution in [0.3, 0.4) is 0 Å². The van der Waals surface area contributed by atoms with Crippen LogP contribution in [0.2, 0.25) is 0 Å². The fourth-order valence-electron chi connectivity index (χ4n) is 2.48. The molecule has 2 atom stereocenters. The minimum absolute atomic E-state index is 0.0156. The van der Waals surface area contributed by atoms with E-state index in [4.69, 9.17) is 0 Å². The summed E-state index contributed by atoms with van der Waals surface area (Å²) in [5.74, 6) is 0.209. The Kier molecular flexibility index (Phi) is 5.18. The number of benzene rings is 1. The molecule has 0 radical (unpaired) electrons. The number of nitrogens with one attached hydrogen (secondary N) is 1. The predicted octanol–water partition coefficient (Wildman–Crippen LogP) is 2.40. The number of carbonyl (C=O) groups excluding carboxylic acids is 1. The van der Waals surface area contributed by atoms with Gasteiger partial charge in [-0.15, -0.1) is 0 Å². The number of amides is 1. The zero-order chi connectivity index (χ0) is 14.7. The second-order valence-electron chi connectivity index (χ2n) is 5.60. The van der Waals surface area contributed by atoms with E-state index in [-0.39, 0.29) is 17.9 Å². The molecule has 1 aliphatic rings. The quantitative estimate of drug-likeness (QED) is 0.888. The van der Waals surface area contributed by atoms with E-state index >= 15 is 0 Å². The van der Waals surface area contributed by atoms with Crippen molar-refractivity contribution in [1.29, 1.82) is 0 Å².